The lowest BCUT2D eigenvalue weighted by molar-refractivity contribution is -0.137. The Kier molecular flexibility index (Phi) is 13.6. The Bertz CT molecular complexity index is 209. The van der Waals surface area contributed by atoms with Crippen LogP contribution in [0.25, 0.3) is 0 Å². The summed E-state index contributed by atoms with van der Waals surface area (Å²) in [6, 6.07) is 0. The van der Waals surface area contributed by atoms with Crippen molar-refractivity contribution in [2.24, 2.45) is 0 Å². The van der Waals surface area contributed by atoms with Gasteiger partial charge in [-0.1, -0.05) is 57.6 Å². The standard InChI is InChI=1S/C16H30O2/c1-2-3-4-5-6-7-8-9-10-11-12-13-14-15-16(17)18/h7-8H,2-6,9-15H2,1H3,(H,17,18)/b8-7+. The van der Waals surface area contributed by atoms with Crippen molar-refractivity contribution < 1.29 is 9.90 Å². The molecule has 0 unspecified atom stereocenters. The highest BCUT2D eigenvalue weighted by atomic mass is 16.4. The Morgan fingerprint density at radius 1 is 0.833 bits per heavy atom. The zero-order chi connectivity index (χ0) is 13.5. The van der Waals surface area contributed by atoms with Gasteiger partial charge in [0.2, 0.25) is 0 Å². The van der Waals surface area contributed by atoms with Crippen molar-refractivity contribution in [2.75, 3.05) is 0 Å². The average Bonchev–Trinajstić information content (AvgIpc) is 2.34. The van der Waals surface area contributed by atoms with Crippen molar-refractivity contribution in [2.45, 2.75) is 84.0 Å². The maximum atomic E-state index is 10.3. The molecule has 0 aliphatic carbocycles. The number of allylic oxidation sites excluding steroid dienone is 2. The van der Waals surface area contributed by atoms with E-state index < -0.39 is 5.97 Å². The van der Waals surface area contributed by atoms with Crippen LogP contribution in [0.5, 0.6) is 0 Å². The zero-order valence-electron chi connectivity index (χ0n) is 12.0. The molecular formula is C16H30O2. The van der Waals surface area contributed by atoms with E-state index in [0.29, 0.717) is 6.42 Å². The number of hydrogen-bond donors (Lipinski definition) is 1. The molecule has 0 heterocycles. The molecule has 106 valence electrons. The Balaban J connectivity index is 3.06. The molecule has 0 radical (unpaired) electrons. The van der Waals surface area contributed by atoms with Crippen LogP contribution in [0.2, 0.25) is 0 Å². The van der Waals surface area contributed by atoms with E-state index in [1.54, 1.807) is 0 Å². The maximum Gasteiger partial charge on any atom is 0.303 e. The number of unbranched alkanes of at least 4 members (excludes halogenated alkanes) is 9. The van der Waals surface area contributed by atoms with Crippen LogP contribution in [-0.4, -0.2) is 11.1 Å². The molecule has 0 rings (SSSR count). The first-order chi connectivity index (χ1) is 8.77. The van der Waals surface area contributed by atoms with E-state index in [4.69, 9.17) is 5.11 Å². The average molecular weight is 254 g/mol. The van der Waals surface area contributed by atoms with Gasteiger partial charge in [-0.05, 0) is 32.1 Å². The smallest absolute Gasteiger partial charge is 0.303 e. The molecule has 1 N–H and O–H groups in total. The molecular weight excluding hydrogens is 224 g/mol. The summed E-state index contributed by atoms with van der Waals surface area (Å²) in [5.41, 5.74) is 0. The molecule has 18 heavy (non-hydrogen) atoms. The lowest BCUT2D eigenvalue weighted by atomic mass is 10.1. The normalized spacial score (nSPS) is 11.2. The van der Waals surface area contributed by atoms with E-state index in [0.717, 1.165) is 12.8 Å². The third kappa shape index (κ3) is 15.2. The summed E-state index contributed by atoms with van der Waals surface area (Å²) in [7, 11) is 0. The van der Waals surface area contributed by atoms with Gasteiger partial charge < -0.3 is 5.11 Å². The quantitative estimate of drug-likeness (QED) is 0.356. The lowest BCUT2D eigenvalue weighted by Gasteiger charge is -1.98. The molecule has 0 aromatic carbocycles. The third-order valence-electron chi connectivity index (χ3n) is 3.15. The first-order valence-corrected chi connectivity index (χ1v) is 7.64. The van der Waals surface area contributed by atoms with Crippen LogP contribution in [-0.2, 0) is 4.79 Å². The molecule has 0 aliphatic heterocycles. The highest BCUT2D eigenvalue weighted by Gasteiger charge is 1.95. The molecule has 2 nitrogen and oxygen atoms in total. The lowest BCUT2D eigenvalue weighted by Crippen LogP contribution is -1.93. The van der Waals surface area contributed by atoms with Gasteiger partial charge in [-0.3, -0.25) is 4.79 Å². The Morgan fingerprint density at radius 2 is 1.33 bits per heavy atom. The molecule has 0 fully saturated rings. The van der Waals surface area contributed by atoms with Gasteiger partial charge >= 0.3 is 5.97 Å². The first kappa shape index (κ1) is 17.2. The molecule has 0 saturated heterocycles. The summed E-state index contributed by atoms with van der Waals surface area (Å²) in [6.07, 6.45) is 18.3. The van der Waals surface area contributed by atoms with E-state index in [1.165, 1.54) is 57.8 Å². The van der Waals surface area contributed by atoms with Crippen LogP contribution in [0.15, 0.2) is 12.2 Å². The summed E-state index contributed by atoms with van der Waals surface area (Å²) in [5.74, 6) is -0.666. The molecule has 0 aliphatic rings. The van der Waals surface area contributed by atoms with Gasteiger partial charge in [0.15, 0.2) is 0 Å². The second-order valence-electron chi connectivity index (χ2n) is 5.02. The highest BCUT2D eigenvalue weighted by Crippen LogP contribution is 2.08. The molecule has 0 atom stereocenters. The fourth-order valence-corrected chi connectivity index (χ4v) is 1.99. The van der Waals surface area contributed by atoms with E-state index in [2.05, 4.69) is 19.1 Å². The molecule has 0 spiro atoms. The first-order valence-electron chi connectivity index (χ1n) is 7.64. The fourth-order valence-electron chi connectivity index (χ4n) is 1.99. The Morgan fingerprint density at radius 3 is 1.89 bits per heavy atom. The van der Waals surface area contributed by atoms with Crippen molar-refractivity contribution in [3.05, 3.63) is 12.2 Å². The van der Waals surface area contributed by atoms with Gasteiger partial charge in [0.1, 0.15) is 0 Å². The summed E-state index contributed by atoms with van der Waals surface area (Å²) >= 11 is 0. The minimum Gasteiger partial charge on any atom is -0.481 e. The summed E-state index contributed by atoms with van der Waals surface area (Å²) < 4.78 is 0. The topological polar surface area (TPSA) is 37.3 Å². The third-order valence-corrected chi connectivity index (χ3v) is 3.15. The van der Waals surface area contributed by atoms with Crippen LogP contribution < -0.4 is 0 Å². The molecule has 0 amide bonds. The predicted molar refractivity (Wildman–Crippen MR) is 77.9 cm³/mol. The van der Waals surface area contributed by atoms with Gasteiger partial charge in [0, 0.05) is 6.42 Å². The van der Waals surface area contributed by atoms with Gasteiger partial charge in [0.25, 0.3) is 0 Å². The monoisotopic (exact) mass is 254 g/mol. The van der Waals surface area contributed by atoms with Crippen LogP contribution in [0, 0.1) is 0 Å². The molecule has 0 saturated carbocycles. The van der Waals surface area contributed by atoms with E-state index in [9.17, 15) is 4.79 Å². The van der Waals surface area contributed by atoms with Crippen molar-refractivity contribution in [1.82, 2.24) is 0 Å². The second-order valence-corrected chi connectivity index (χ2v) is 5.02. The minimum atomic E-state index is -0.666. The van der Waals surface area contributed by atoms with Crippen LogP contribution in [0.1, 0.15) is 84.0 Å². The van der Waals surface area contributed by atoms with Crippen molar-refractivity contribution >= 4 is 5.97 Å². The summed E-state index contributed by atoms with van der Waals surface area (Å²) in [4.78, 5) is 10.3. The van der Waals surface area contributed by atoms with Gasteiger partial charge in [-0.15, -0.1) is 0 Å². The summed E-state index contributed by atoms with van der Waals surface area (Å²) in [6.45, 7) is 2.24. The SMILES string of the molecule is CCCCCC/C=C/CCCCCCCC(=O)O. The minimum absolute atomic E-state index is 0.331. The number of carbonyl (C=O) groups is 1. The Hall–Kier alpha value is -0.790. The van der Waals surface area contributed by atoms with Gasteiger partial charge in [-0.25, -0.2) is 0 Å². The van der Waals surface area contributed by atoms with Gasteiger partial charge in [-0.2, -0.15) is 0 Å². The van der Waals surface area contributed by atoms with Crippen LogP contribution in [0.3, 0.4) is 0 Å². The van der Waals surface area contributed by atoms with E-state index in [-0.39, 0.29) is 0 Å². The maximum absolute atomic E-state index is 10.3. The molecule has 2 heteroatoms. The fraction of sp³-hybridized carbons (Fsp3) is 0.812. The number of aliphatic carboxylic acids is 1. The summed E-state index contributed by atoms with van der Waals surface area (Å²) in [5, 5.41) is 8.48. The van der Waals surface area contributed by atoms with Crippen LogP contribution >= 0.6 is 0 Å². The molecule has 0 aromatic rings. The molecule has 0 bridgehead atoms. The molecule has 0 aromatic heterocycles. The predicted octanol–water partition coefficient (Wildman–Crippen LogP) is 5.33. The van der Waals surface area contributed by atoms with Gasteiger partial charge in [0.05, 0.1) is 0 Å². The van der Waals surface area contributed by atoms with E-state index in [1.807, 2.05) is 0 Å². The largest absolute Gasteiger partial charge is 0.481 e. The number of carboxylic acids is 1. The second kappa shape index (κ2) is 14.3. The van der Waals surface area contributed by atoms with Crippen molar-refractivity contribution in [3.8, 4) is 0 Å². The van der Waals surface area contributed by atoms with Crippen LogP contribution in [0.4, 0.5) is 0 Å². The highest BCUT2D eigenvalue weighted by molar-refractivity contribution is 5.66. The number of rotatable bonds is 13. The van der Waals surface area contributed by atoms with Crippen molar-refractivity contribution in [3.63, 3.8) is 0 Å². The van der Waals surface area contributed by atoms with Crippen molar-refractivity contribution in [1.29, 1.82) is 0 Å². The zero-order valence-corrected chi connectivity index (χ0v) is 12.0. The number of hydrogen-bond acceptors (Lipinski definition) is 1. The van der Waals surface area contributed by atoms with E-state index >= 15 is 0 Å². The Labute approximate surface area is 112 Å². The number of carboxylic acid groups (broad SMARTS) is 1.